The van der Waals surface area contributed by atoms with Gasteiger partial charge in [-0.3, -0.25) is 4.98 Å². The molecule has 2 aromatic heterocycles. The second-order valence-electron chi connectivity index (χ2n) is 6.32. The molecule has 3 rings (SSSR count). The highest BCUT2D eigenvalue weighted by molar-refractivity contribution is 5.94. The van der Waals surface area contributed by atoms with Crippen molar-refractivity contribution in [2.24, 2.45) is 0 Å². The minimum absolute atomic E-state index is 0.0285. The quantitative estimate of drug-likeness (QED) is 0.425. The summed E-state index contributed by atoms with van der Waals surface area (Å²) in [5, 5.41) is 7.47. The van der Waals surface area contributed by atoms with E-state index in [1.165, 1.54) is 24.5 Å². The Labute approximate surface area is 171 Å². The van der Waals surface area contributed by atoms with Gasteiger partial charge in [-0.25, -0.2) is 9.48 Å². The van der Waals surface area contributed by atoms with Gasteiger partial charge < -0.3 is 4.74 Å². The molecule has 3 aromatic rings. The number of nitrogens with zero attached hydrogens (tertiary/aromatic N) is 4. The fraction of sp³-hybridized carbons (Fsp3) is 0.263. The summed E-state index contributed by atoms with van der Waals surface area (Å²) in [5.74, 6) is -0.840. The largest absolute Gasteiger partial charge is 0.461 e. The minimum atomic E-state index is -4.99. The maximum Gasteiger partial charge on any atom is 0.416 e. The summed E-state index contributed by atoms with van der Waals surface area (Å²) in [7, 11) is 0. The van der Waals surface area contributed by atoms with Crippen molar-refractivity contribution in [2.45, 2.75) is 25.8 Å². The molecular weight excluding hydrogens is 430 g/mol. The second-order valence-corrected chi connectivity index (χ2v) is 6.32. The van der Waals surface area contributed by atoms with E-state index in [1.807, 2.05) is 0 Å². The first-order chi connectivity index (χ1) is 14.5. The van der Waals surface area contributed by atoms with Crippen molar-refractivity contribution < 1.29 is 35.9 Å². The van der Waals surface area contributed by atoms with Crippen LogP contribution in [0.25, 0.3) is 11.3 Å². The van der Waals surface area contributed by atoms with Crippen molar-refractivity contribution >= 4 is 5.97 Å². The maximum absolute atomic E-state index is 13.1. The van der Waals surface area contributed by atoms with E-state index in [2.05, 4.69) is 15.3 Å². The van der Waals surface area contributed by atoms with Gasteiger partial charge in [-0.1, -0.05) is 5.21 Å². The molecule has 0 N–H and O–H groups in total. The molecular formula is C19H14F6N4O2. The highest BCUT2D eigenvalue weighted by Gasteiger charge is 2.37. The topological polar surface area (TPSA) is 69.9 Å². The summed E-state index contributed by atoms with van der Waals surface area (Å²) in [6, 6.07) is 4.30. The van der Waals surface area contributed by atoms with Crippen LogP contribution < -0.4 is 0 Å². The van der Waals surface area contributed by atoms with Crippen LogP contribution in [0.5, 0.6) is 0 Å². The first-order valence-corrected chi connectivity index (χ1v) is 8.80. The third kappa shape index (κ3) is 5.01. The highest BCUT2D eigenvalue weighted by atomic mass is 19.4. The molecule has 6 nitrogen and oxygen atoms in total. The Morgan fingerprint density at radius 2 is 1.71 bits per heavy atom. The van der Waals surface area contributed by atoms with Crippen LogP contribution in [0.4, 0.5) is 26.3 Å². The van der Waals surface area contributed by atoms with E-state index in [-0.39, 0.29) is 29.6 Å². The van der Waals surface area contributed by atoms with Crippen LogP contribution in [0.2, 0.25) is 0 Å². The Bertz CT molecular complexity index is 1040. The number of hydrogen-bond donors (Lipinski definition) is 0. The van der Waals surface area contributed by atoms with Crippen LogP contribution in [0.15, 0.2) is 42.7 Å². The van der Waals surface area contributed by atoms with E-state index in [4.69, 9.17) is 4.74 Å². The van der Waals surface area contributed by atoms with Crippen LogP contribution in [-0.4, -0.2) is 32.6 Å². The SMILES string of the molecule is CCOC(=O)c1nnn(Cc2cc(C(F)(F)F)cc(C(F)(F)F)c2)c1-c1cccnc1. The van der Waals surface area contributed by atoms with E-state index in [9.17, 15) is 31.1 Å². The van der Waals surface area contributed by atoms with E-state index >= 15 is 0 Å². The van der Waals surface area contributed by atoms with Gasteiger partial charge in [-0.2, -0.15) is 26.3 Å². The maximum atomic E-state index is 13.1. The van der Waals surface area contributed by atoms with Gasteiger partial charge in [-0.15, -0.1) is 5.10 Å². The Morgan fingerprint density at radius 3 is 2.23 bits per heavy atom. The number of carbonyl (C=O) groups is 1. The molecule has 0 atom stereocenters. The summed E-state index contributed by atoms with van der Waals surface area (Å²) >= 11 is 0. The number of aromatic nitrogens is 4. The summed E-state index contributed by atoms with van der Waals surface area (Å²) < 4.78 is 84.8. The van der Waals surface area contributed by atoms with Gasteiger partial charge in [0.05, 0.1) is 24.3 Å². The first kappa shape index (κ1) is 22.2. The van der Waals surface area contributed by atoms with Crippen molar-refractivity contribution in [3.05, 3.63) is 65.1 Å². The highest BCUT2D eigenvalue weighted by Crippen LogP contribution is 2.36. The fourth-order valence-corrected chi connectivity index (χ4v) is 2.83. The third-order valence-corrected chi connectivity index (χ3v) is 4.12. The van der Waals surface area contributed by atoms with Crippen LogP contribution in [-0.2, 0) is 23.6 Å². The number of hydrogen-bond acceptors (Lipinski definition) is 5. The molecule has 0 radical (unpaired) electrons. The predicted octanol–water partition coefficient (Wildman–Crippen LogP) is 4.60. The Balaban J connectivity index is 2.12. The van der Waals surface area contributed by atoms with Crippen LogP contribution in [0, 0.1) is 0 Å². The van der Waals surface area contributed by atoms with Crippen LogP contribution in [0.1, 0.15) is 34.1 Å². The molecule has 0 aliphatic heterocycles. The molecule has 0 saturated heterocycles. The van der Waals surface area contributed by atoms with Crippen LogP contribution in [0.3, 0.4) is 0 Å². The van der Waals surface area contributed by atoms with E-state index < -0.39 is 36.0 Å². The molecule has 0 aliphatic carbocycles. The van der Waals surface area contributed by atoms with E-state index in [1.54, 1.807) is 6.92 Å². The molecule has 0 bridgehead atoms. The standard InChI is InChI=1S/C19H14F6N4O2/c1-2-31-17(30)15-16(12-4-3-5-26-9-12)29(28-27-15)10-11-6-13(18(20,21)22)8-14(7-11)19(23,24)25/h3-9H,2,10H2,1H3. The molecule has 0 amide bonds. The number of pyridine rings is 1. The molecule has 0 aliphatic rings. The van der Waals surface area contributed by atoms with E-state index in [0.29, 0.717) is 17.7 Å². The predicted molar refractivity (Wildman–Crippen MR) is 94.8 cm³/mol. The van der Waals surface area contributed by atoms with Gasteiger partial charge >= 0.3 is 18.3 Å². The van der Waals surface area contributed by atoms with Crippen molar-refractivity contribution in [1.82, 2.24) is 20.0 Å². The first-order valence-electron chi connectivity index (χ1n) is 8.80. The summed E-state index contributed by atoms with van der Waals surface area (Å²) in [4.78, 5) is 16.1. The van der Waals surface area contributed by atoms with Gasteiger partial charge in [0.25, 0.3) is 0 Å². The van der Waals surface area contributed by atoms with E-state index in [0.717, 1.165) is 4.68 Å². The number of esters is 1. The zero-order chi connectivity index (χ0) is 22.8. The number of ether oxygens (including phenoxy) is 1. The Hall–Kier alpha value is -3.44. The second kappa shape index (κ2) is 8.36. The van der Waals surface area contributed by atoms with Gasteiger partial charge in [0.2, 0.25) is 0 Å². The zero-order valence-electron chi connectivity index (χ0n) is 15.8. The Kier molecular flexibility index (Phi) is 6.00. The molecule has 1 aromatic carbocycles. The van der Waals surface area contributed by atoms with Gasteiger partial charge in [0.15, 0.2) is 5.69 Å². The van der Waals surface area contributed by atoms with Gasteiger partial charge in [-0.05, 0) is 42.8 Å². The lowest BCUT2D eigenvalue weighted by Gasteiger charge is -2.15. The number of rotatable bonds is 5. The number of alkyl halides is 6. The average Bonchev–Trinajstić information content (AvgIpc) is 3.11. The molecule has 0 unspecified atom stereocenters. The van der Waals surface area contributed by atoms with Crippen molar-refractivity contribution in [3.63, 3.8) is 0 Å². The minimum Gasteiger partial charge on any atom is -0.461 e. The molecule has 12 heteroatoms. The molecule has 164 valence electrons. The molecule has 0 spiro atoms. The Morgan fingerprint density at radius 1 is 1.06 bits per heavy atom. The normalized spacial score (nSPS) is 12.1. The number of carbonyl (C=O) groups excluding carboxylic acids is 1. The third-order valence-electron chi connectivity index (χ3n) is 4.12. The smallest absolute Gasteiger partial charge is 0.416 e. The zero-order valence-corrected chi connectivity index (χ0v) is 15.8. The van der Waals surface area contributed by atoms with Gasteiger partial charge in [0, 0.05) is 18.0 Å². The molecule has 0 fully saturated rings. The van der Waals surface area contributed by atoms with Crippen molar-refractivity contribution in [3.8, 4) is 11.3 Å². The molecule has 0 saturated carbocycles. The lowest BCUT2D eigenvalue weighted by atomic mass is 10.0. The lowest BCUT2D eigenvalue weighted by Crippen LogP contribution is -2.14. The summed E-state index contributed by atoms with van der Waals surface area (Å²) in [5.41, 5.74) is -3.08. The fourth-order valence-electron chi connectivity index (χ4n) is 2.83. The van der Waals surface area contributed by atoms with Crippen molar-refractivity contribution in [1.29, 1.82) is 0 Å². The lowest BCUT2D eigenvalue weighted by molar-refractivity contribution is -0.143. The van der Waals surface area contributed by atoms with Crippen molar-refractivity contribution in [2.75, 3.05) is 6.61 Å². The number of halogens is 6. The monoisotopic (exact) mass is 444 g/mol. The molecule has 2 heterocycles. The van der Waals surface area contributed by atoms with Crippen LogP contribution >= 0.6 is 0 Å². The summed E-state index contributed by atoms with van der Waals surface area (Å²) in [6.07, 6.45) is -7.17. The summed E-state index contributed by atoms with van der Waals surface area (Å²) in [6.45, 7) is 1.08. The van der Waals surface area contributed by atoms with Gasteiger partial charge in [0.1, 0.15) is 5.69 Å². The average molecular weight is 444 g/mol. The molecule has 31 heavy (non-hydrogen) atoms. The number of benzene rings is 1.